The molecule has 0 aliphatic heterocycles. The summed E-state index contributed by atoms with van der Waals surface area (Å²) in [4.78, 5) is 0. The summed E-state index contributed by atoms with van der Waals surface area (Å²) in [6.45, 7) is -0.446. The summed E-state index contributed by atoms with van der Waals surface area (Å²) in [5.74, 6) is 0. The Morgan fingerprint density at radius 2 is 2.00 bits per heavy atom. The molecule has 8 heavy (non-hydrogen) atoms. The minimum absolute atomic E-state index is 0. The fourth-order valence-corrected chi connectivity index (χ4v) is 0.149. The van der Waals surface area contributed by atoms with E-state index in [4.69, 9.17) is 5.11 Å². The first-order valence-corrected chi connectivity index (χ1v) is 1.81. The Labute approximate surface area is 88.1 Å². The average molecular weight is 241 g/mol. The van der Waals surface area contributed by atoms with E-state index < -0.39 is 7.32 Å². The van der Waals surface area contributed by atoms with Gasteiger partial charge in [0.25, 0.3) is 0 Å². The van der Waals surface area contributed by atoms with E-state index in [1.165, 1.54) is 0 Å². The van der Waals surface area contributed by atoms with Gasteiger partial charge < -0.3 is 19.8 Å². The predicted octanol–water partition coefficient (Wildman–Crippen LogP) is -3.68. The topological polar surface area (TPSA) is 75.6 Å². The van der Waals surface area contributed by atoms with Gasteiger partial charge in [-0.3, -0.25) is 0 Å². The van der Waals surface area contributed by atoms with Crippen molar-refractivity contribution in [2.75, 3.05) is 13.2 Å². The Morgan fingerprint density at radius 3 is 2.12 bits per heavy atom. The van der Waals surface area contributed by atoms with Crippen molar-refractivity contribution in [3.8, 4) is 0 Å². The van der Waals surface area contributed by atoms with Crippen LogP contribution in [0.2, 0.25) is 0 Å². The van der Waals surface area contributed by atoms with Crippen LogP contribution in [0.5, 0.6) is 0 Å². The van der Waals surface area contributed by atoms with Crippen molar-refractivity contribution in [1.82, 2.24) is 0 Å². The molecule has 42 valence electrons. The monoisotopic (exact) mass is 242 g/mol. The van der Waals surface area contributed by atoms with Crippen LogP contribution < -0.4 is 10.0 Å². The summed E-state index contributed by atoms with van der Waals surface area (Å²) in [6.07, 6.45) is 0. The van der Waals surface area contributed by atoms with E-state index in [2.05, 4.69) is 4.65 Å². The quantitative estimate of drug-likeness (QED) is 0.516. The smallest absolute Gasteiger partial charge is 0.871 e. The third kappa shape index (κ3) is 10.5. The van der Waals surface area contributed by atoms with Gasteiger partial charge >= 0.3 is 48.9 Å². The fourth-order valence-electron chi connectivity index (χ4n) is 0.149. The average Bonchev–Trinajstić information content (AvgIpc) is 1.61. The van der Waals surface area contributed by atoms with Crippen LogP contribution >= 0.6 is 0 Å². The number of hydrogen-bond acceptors (Lipinski definition) is 4. The summed E-state index contributed by atoms with van der Waals surface area (Å²) in [6, 6.07) is 0. The van der Waals surface area contributed by atoms with Crippen LogP contribution in [0.15, 0.2) is 0 Å². The van der Waals surface area contributed by atoms with Gasteiger partial charge in [-0.15, -0.1) is 0 Å². The molecule has 0 fully saturated rings. The van der Waals surface area contributed by atoms with E-state index in [0.29, 0.717) is 0 Å². The molecule has 0 bridgehead atoms. The van der Waals surface area contributed by atoms with Crippen LogP contribution in [0.3, 0.4) is 0 Å². The zero-order valence-corrected chi connectivity index (χ0v) is 8.81. The van der Waals surface area contributed by atoms with Crippen LogP contribution in [-0.4, -0.2) is 74.5 Å². The maximum atomic E-state index is 9.40. The number of rotatable bonds is 3. The molecule has 0 aromatic rings. The molecule has 1 N–H and O–H groups in total. The minimum Gasteiger partial charge on any atom is -0.871 e. The first-order chi connectivity index (χ1) is 3.27. The van der Waals surface area contributed by atoms with Gasteiger partial charge in [0.05, 0.1) is 13.9 Å². The van der Waals surface area contributed by atoms with E-state index >= 15 is 0 Å². The van der Waals surface area contributed by atoms with Gasteiger partial charge in [0.15, 0.2) is 0 Å². The first kappa shape index (κ1) is 12.2. The molecule has 0 aromatic carbocycles. The van der Waals surface area contributed by atoms with Crippen molar-refractivity contribution in [3.63, 3.8) is 0 Å². The van der Waals surface area contributed by atoms with E-state index in [-0.39, 0.29) is 62.1 Å². The van der Waals surface area contributed by atoms with Crippen LogP contribution in [0.4, 0.5) is 0 Å². The Balaban J connectivity index is 0. The van der Waals surface area contributed by atoms with Gasteiger partial charge in [-0.05, 0) is 0 Å². The van der Waals surface area contributed by atoms with Gasteiger partial charge in [0.2, 0.25) is 0 Å². The zero-order chi connectivity index (χ0) is 5.70. The molecule has 0 saturated carbocycles. The number of aliphatic hydroxyl groups excluding tert-OH is 1. The summed E-state index contributed by atoms with van der Waals surface area (Å²) >= 11 is 0. The van der Waals surface area contributed by atoms with Crippen LogP contribution in [0.1, 0.15) is 0 Å². The molecule has 4 nitrogen and oxygen atoms in total. The summed E-state index contributed by atoms with van der Waals surface area (Å²) < 4.78 is 3.83. The zero-order valence-electron chi connectivity index (χ0n) is 4.37. The predicted molar refractivity (Wildman–Crippen MR) is 24.5 cm³/mol. The third-order valence-electron chi connectivity index (χ3n) is 0.345. The molecular formula is C2H5BBaO4. The van der Waals surface area contributed by atoms with Crippen LogP contribution in [0.25, 0.3) is 0 Å². The second-order valence-electron chi connectivity index (χ2n) is 0.883. The molecule has 0 unspecified atom stereocenters. The molecule has 6 heteroatoms. The van der Waals surface area contributed by atoms with Gasteiger partial charge in [0.1, 0.15) is 0 Å². The van der Waals surface area contributed by atoms with Crippen molar-refractivity contribution >= 4 is 56.2 Å². The second kappa shape index (κ2) is 8.48. The normalized spacial score (nSPS) is 7.88. The van der Waals surface area contributed by atoms with E-state index in [0.717, 1.165) is 0 Å². The van der Waals surface area contributed by atoms with Gasteiger partial charge in [-0.25, -0.2) is 0 Å². The maximum absolute atomic E-state index is 9.40. The first-order valence-electron chi connectivity index (χ1n) is 1.81. The van der Waals surface area contributed by atoms with Gasteiger partial charge in [-0.2, -0.15) is 0 Å². The molecule has 0 amide bonds. The third-order valence-corrected chi connectivity index (χ3v) is 0.345. The maximum Gasteiger partial charge on any atom is 2.00 e. The Bertz CT molecular complexity index is 43.0. The Morgan fingerprint density at radius 1 is 1.50 bits per heavy atom. The molecule has 0 aromatic heterocycles. The SMILES string of the molecule is [Ba+2].[O-]B([O-])OCCO. The summed E-state index contributed by atoms with van der Waals surface area (Å²) in [7, 11) is -2.26. The molecule has 0 spiro atoms. The Hall–Kier alpha value is 1.48. The molecule has 0 aliphatic carbocycles. The van der Waals surface area contributed by atoms with Gasteiger partial charge in [0, 0.05) is 6.61 Å². The van der Waals surface area contributed by atoms with Gasteiger partial charge in [-0.1, -0.05) is 0 Å². The molecular weight excluding hydrogens is 236 g/mol. The molecule has 0 atom stereocenters. The van der Waals surface area contributed by atoms with E-state index in [1.54, 1.807) is 0 Å². The van der Waals surface area contributed by atoms with Crippen molar-refractivity contribution < 1.29 is 19.8 Å². The molecule has 0 rings (SSSR count). The molecule has 0 radical (unpaired) electrons. The van der Waals surface area contributed by atoms with Crippen molar-refractivity contribution in [3.05, 3.63) is 0 Å². The van der Waals surface area contributed by atoms with Crippen molar-refractivity contribution in [2.24, 2.45) is 0 Å². The summed E-state index contributed by atoms with van der Waals surface area (Å²) in [5.41, 5.74) is 0. The minimum atomic E-state index is -2.26. The fraction of sp³-hybridized carbons (Fsp3) is 1.00. The van der Waals surface area contributed by atoms with Crippen LogP contribution in [-0.2, 0) is 4.65 Å². The number of aliphatic hydroxyl groups is 1. The summed E-state index contributed by atoms with van der Waals surface area (Å²) in [5, 5.41) is 26.7. The van der Waals surface area contributed by atoms with Crippen LogP contribution in [0, 0.1) is 0 Å². The number of hydrogen-bond donors (Lipinski definition) is 1. The largest absolute Gasteiger partial charge is 2.00 e. The standard InChI is InChI=1S/C2H5BO4.Ba/c4-1-2-7-3(5)6;/h4H,1-2H2;/q-2;+2. The second-order valence-corrected chi connectivity index (χ2v) is 0.883. The Kier molecular flexibility index (Phi) is 12.9. The molecule has 0 saturated heterocycles. The molecule has 0 aliphatic rings. The van der Waals surface area contributed by atoms with E-state index in [1.807, 2.05) is 0 Å². The van der Waals surface area contributed by atoms with Crippen molar-refractivity contribution in [1.29, 1.82) is 0 Å². The molecule has 0 heterocycles. The van der Waals surface area contributed by atoms with Crippen molar-refractivity contribution in [2.45, 2.75) is 0 Å². The van der Waals surface area contributed by atoms with E-state index in [9.17, 15) is 10.0 Å².